The van der Waals surface area contributed by atoms with Crippen LogP contribution in [0.1, 0.15) is 31.4 Å². The molecule has 0 radical (unpaired) electrons. The first-order valence-corrected chi connectivity index (χ1v) is 12.2. The highest BCUT2D eigenvalue weighted by molar-refractivity contribution is 6.03. The summed E-state index contributed by atoms with van der Waals surface area (Å²) >= 11 is 0. The zero-order valence-electron chi connectivity index (χ0n) is 20.4. The van der Waals surface area contributed by atoms with Crippen LogP contribution in [0.3, 0.4) is 0 Å². The molecule has 9 nitrogen and oxygen atoms in total. The molecule has 3 heterocycles. The monoisotopic (exact) mass is 490 g/mol. The van der Waals surface area contributed by atoms with Gasteiger partial charge in [-0.2, -0.15) is 0 Å². The third-order valence-corrected chi connectivity index (χ3v) is 6.93. The molecule has 1 fully saturated rings. The highest BCUT2D eigenvalue weighted by Gasteiger charge is 2.45. The van der Waals surface area contributed by atoms with Gasteiger partial charge in [-0.1, -0.05) is 30.3 Å². The first kappa shape index (κ1) is 23.9. The van der Waals surface area contributed by atoms with Crippen LogP contribution in [-0.4, -0.2) is 66.5 Å². The second-order valence-corrected chi connectivity index (χ2v) is 9.28. The van der Waals surface area contributed by atoms with Gasteiger partial charge in [0.2, 0.25) is 5.91 Å². The van der Waals surface area contributed by atoms with Gasteiger partial charge in [0.1, 0.15) is 17.5 Å². The second kappa shape index (κ2) is 10.0. The van der Waals surface area contributed by atoms with Gasteiger partial charge < -0.3 is 25.0 Å². The Bertz CT molecular complexity index is 1190. The van der Waals surface area contributed by atoms with E-state index in [9.17, 15) is 14.4 Å². The number of benzene rings is 2. The van der Waals surface area contributed by atoms with Crippen molar-refractivity contribution < 1.29 is 23.9 Å². The summed E-state index contributed by atoms with van der Waals surface area (Å²) in [6.45, 7) is 3.03. The largest absolute Gasteiger partial charge is 0.457 e. The predicted molar refractivity (Wildman–Crippen MR) is 132 cm³/mol. The SMILES string of the molecule is CC(C(=O)NCC1CCCO1)N1CC2=C(C1=O)C(c1cccc(Oc3ccccc3)c1)NC(=O)N2C. The molecular formula is C27H30N4O5. The molecule has 3 atom stereocenters. The Morgan fingerprint density at radius 3 is 2.69 bits per heavy atom. The fraction of sp³-hybridized carbons (Fsp3) is 0.370. The highest BCUT2D eigenvalue weighted by atomic mass is 16.5. The van der Waals surface area contributed by atoms with Crippen molar-refractivity contribution in [1.82, 2.24) is 20.4 Å². The van der Waals surface area contributed by atoms with Gasteiger partial charge >= 0.3 is 6.03 Å². The molecule has 36 heavy (non-hydrogen) atoms. The van der Waals surface area contributed by atoms with Gasteiger partial charge in [0, 0.05) is 20.2 Å². The molecule has 4 amide bonds. The number of urea groups is 1. The molecule has 3 aliphatic heterocycles. The fourth-order valence-electron chi connectivity index (χ4n) is 4.84. The summed E-state index contributed by atoms with van der Waals surface area (Å²) in [6.07, 6.45) is 1.92. The number of carbonyl (C=O) groups is 3. The van der Waals surface area contributed by atoms with E-state index in [0.29, 0.717) is 35.9 Å². The zero-order chi connectivity index (χ0) is 25.2. The van der Waals surface area contributed by atoms with Gasteiger partial charge in [-0.15, -0.1) is 0 Å². The molecule has 2 aromatic rings. The molecule has 0 saturated carbocycles. The highest BCUT2D eigenvalue weighted by Crippen LogP contribution is 2.37. The summed E-state index contributed by atoms with van der Waals surface area (Å²) in [7, 11) is 1.63. The van der Waals surface area contributed by atoms with Crippen molar-refractivity contribution >= 4 is 17.8 Å². The van der Waals surface area contributed by atoms with Crippen molar-refractivity contribution in [1.29, 1.82) is 0 Å². The molecule has 0 aromatic heterocycles. The molecular weight excluding hydrogens is 460 g/mol. The number of ether oxygens (including phenoxy) is 2. The molecule has 0 spiro atoms. The molecule has 0 aliphatic carbocycles. The number of amides is 4. The summed E-state index contributed by atoms with van der Waals surface area (Å²) in [6, 6.07) is 15.1. The third kappa shape index (κ3) is 4.66. The lowest BCUT2D eigenvalue weighted by atomic mass is 9.95. The van der Waals surface area contributed by atoms with Gasteiger partial charge in [-0.05, 0) is 49.6 Å². The topological polar surface area (TPSA) is 100 Å². The molecule has 5 rings (SSSR count). The van der Waals surface area contributed by atoms with Crippen LogP contribution in [0.4, 0.5) is 4.79 Å². The Hall–Kier alpha value is -3.85. The Morgan fingerprint density at radius 2 is 1.94 bits per heavy atom. The average molecular weight is 491 g/mol. The van der Waals surface area contributed by atoms with Crippen molar-refractivity contribution in [2.45, 2.75) is 38.0 Å². The van der Waals surface area contributed by atoms with Crippen LogP contribution in [-0.2, 0) is 14.3 Å². The van der Waals surface area contributed by atoms with Gasteiger partial charge in [0.15, 0.2) is 0 Å². The smallest absolute Gasteiger partial charge is 0.322 e. The maximum Gasteiger partial charge on any atom is 0.322 e. The van der Waals surface area contributed by atoms with E-state index in [0.717, 1.165) is 18.4 Å². The lowest BCUT2D eigenvalue weighted by Crippen LogP contribution is -2.48. The molecule has 2 aromatic carbocycles. The van der Waals surface area contributed by atoms with Gasteiger partial charge in [0.05, 0.1) is 30.0 Å². The van der Waals surface area contributed by atoms with Crippen LogP contribution in [0.25, 0.3) is 0 Å². The van der Waals surface area contributed by atoms with Gasteiger partial charge in [-0.25, -0.2) is 4.79 Å². The summed E-state index contributed by atoms with van der Waals surface area (Å²) in [4.78, 5) is 42.2. The number of hydrogen-bond donors (Lipinski definition) is 2. The van der Waals surface area contributed by atoms with E-state index in [1.54, 1.807) is 14.0 Å². The summed E-state index contributed by atoms with van der Waals surface area (Å²) in [5, 5.41) is 5.84. The minimum absolute atomic E-state index is 0.0180. The summed E-state index contributed by atoms with van der Waals surface area (Å²) in [5.41, 5.74) is 1.79. The van der Waals surface area contributed by atoms with Crippen LogP contribution < -0.4 is 15.4 Å². The van der Waals surface area contributed by atoms with E-state index < -0.39 is 12.1 Å². The number of nitrogens with zero attached hydrogens (tertiary/aromatic N) is 2. The Kier molecular flexibility index (Phi) is 6.65. The standard InChI is InChI=1S/C27H30N4O5/c1-17(25(32)28-15-21-12-7-13-35-21)31-16-22-23(26(31)33)24(29-27(34)30(22)2)18-8-6-11-20(14-18)36-19-9-4-3-5-10-19/h3-6,8-11,14,17,21,24H,7,12-13,15-16H2,1-2H3,(H,28,32)(H,29,34). The maximum absolute atomic E-state index is 13.6. The fourth-order valence-corrected chi connectivity index (χ4v) is 4.84. The van der Waals surface area contributed by atoms with E-state index in [1.165, 1.54) is 9.80 Å². The second-order valence-electron chi connectivity index (χ2n) is 9.28. The Labute approximate surface area is 210 Å². The third-order valence-electron chi connectivity index (χ3n) is 6.93. The quantitative estimate of drug-likeness (QED) is 0.622. The summed E-state index contributed by atoms with van der Waals surface area (Å²) in [5.74, 6) is 0.776. The molecule has 1 saturated heterocycles. The molecule has 3 aliphatic rings. The number of rotatable bonds is 7. The van der Waals surface area contributed by atoms with Crippen molar-refractivity contribution in [3.05, 3.63) is 71.4 Å². The van der Waals surface area contributed by atoms with Crippen LogP contribution in [0.2, 0.25) is 0 Å². The van der Waals surface area contributed by atoms with Crippen LogP contribution in [0.15, 0.2) is 65.9 Å². The van der Waals surface area contributed by atoms with Crippen LogP contribution in [0.5, 0.6) is 11.5 Å². The maximum atomic E-state index is 13.6. The van der Waals surface area contributed by atoms with Crippen molar-refractivity contribution in [2.24, 2.45) is 0 Å². The molecule has 188 valence electrons. The van der Waals surface area contributed by atoms with Crippen LogP contribution >= 0.6 is 0 Å². The number of carbonyl (C=O) groups excluding carboxylic acids is 3. The van der Waals surface area contributed by atoms with Crippen molar-refractivity contribution in [2.75, 3.05) is 26.7 Å². The number of nitrogens with one attached hydrogen (secondary N) is 2. The molecule has 9 heteroatoms. The first-order chi connectivity index (χ1) is 17.4. The zero-order valence-corrected chi connectivity index (χ0v) is 20.4. The number of hydrogen-bond acceptors (Lipinski definition) is 5. The Balaban J connectivity index is 1.35. The number of likely N-dealkylation sites (N-methyl/N-ethyl adjacent to an activating group) is 1. The minimum Gasteiger partial charge on any atom is -0.457 e. The molecule has 3 unspecified atom stereocenters. The van der Waals surface area contributed by atoms with E-state index in [4.69, 9.17) is 9.47 Å². The van der Waals surface area contributed by atoms with Crippen molar-refractivity contribution in [3.8, 4) is 11.5 Å². The normalized spacial score (nSPS) is 22.4. The van der Waals surface area contributed by atoms with Gasteiger partial charge in [0.25, 0.3) is 5.91 Å². The number of para-hydroxylation sites is 1. The van der Waals surface area contributed by atoms with Gasteiger partial charge in [-0.3, -0.25) is 14.5 Å². The average Bonchev–Trinajstić information content (AvgIpc) is 3.53. The predicted octanol–water partition coefficient (Wildman–Crippen LogP) is 2.96. The van der Waals surface area contributed by atoms with E-state index in [2.05, 4.69) is 10.6 Å². The first-order valence-electron chi connectivity index (χ1n) is 12.2. The van der Waals surface area contributed by atoms with E-state index >= 15 is 0 Å². The lowest BCUT2D eigenvalue weighted by Gasteiger charge is -2.31. The van der Waals surface area contributed by atoms with E-state index in [-0.39, 0.29) is 30.5 Å². The lowest BCUT2D eigenvalue weighted by molar-refractivity contribution is -0.136. The molecule has 0 bridgehead atoms. The van der Waals surface area contributed by atoms with E-state index in [1.807, 2.05) is 54.6 Å². The summed E-state index contributed by atoms with van der Waals surface area (Å²) < 4.78 is 11.5. The Morgan fingerprint density at radius 1 is 1.17 bits per heavy atom. The van der Waals surface area contributed by atoms with Crippen LogP contribution in [0, 0.1) is 0 Å². The molecule has 2 N–H and O–H groups in total. The van der Waals surface area contributed by atoms with Crippen molar-refractivity contribution in [3.63, 3.8) is 0 Å². The minimum atomic E-state index is -0.693.